The highest BCUT2D eigenvalue weighted by atomic mass is 32.2. The second-order valence-corrected chi connectivity index (χ2v) is 10.9. The van der Waals surface area contributed by atoms with E-state index in [9.17, 15) is 18.0 Å². The highest BCUT2D eigenvalue weighted by molar-refractivity contribution is 7.74. The van der Waals surface area contributed by atoms with Gasteiger partial charge in [-0.2, -0.15) is 0 Å². The second kappa shape index (κ2) is 11.2. The lowest BCUT2D eigenvalue weighted by Crippen LogP contribution is -2.48. The molecule has 1 aromatic carbocycles. The number of rotatable bonds is 8. The van der Waals surface area contributed by atoms with Gasteiger partial charge in [-0.05, 0) is 49.9 Å². The van der Waals surface area contributed by atoms with Gasteiger partial charge in [0, 0.05) is 42.5 Å². The van der Waals surface area contributed by atoms with Crippen LogP contribution in [0.3, 0.4) is 0 Å². The lowest BCUT2D eigenvalue weighted by atomic mass is 10.00. The summed E-state index contributed by atoms with van der Waals surface area (Å²) in [5.74, 6) is -0.924. The fourth-order valence-electron chi connectivity index (χ4n) is 5.57. The van der Waals surface area contributed by atoms with Crippen LogP contribution in [0.5, 0.6) is 0 Å². The summed E-state index contributed by atoms with van der Waals surface area (Å²) in [5, 5.41) is 0.703. The minimum Gasteiger partial charge on any atom is -0.467 e. The van der Waals surface area contributed by atoms with Crippen LogP contribution >= 0.6 is 0 Å². The average Bonchev–Trinajstić information content (AvgIpc) is 3.60. The molecule has 2 aromatic heterocycles. The number of esters is 1. The van der Waals surface area contributed by atoms with E-state index in [2.05, 4.69) is 14.9 Å². The Morgan fingerprint density at radius 2 is 1.95 bits per heavy atom. The third-order valence-corrected chi connectivity index (χ3v) is 8.42. The minimum absolute atomic E-state index is 0.0907. The number of aromatic nitrogens is 2. The molecule has 0 unspecified atom stereocenters. The quantitative estimate of drug-likeness (QED) is 0.307. The van der Waals surface area contributed by atoms with Gasteiger partial charge in [0.25, 0.3) is 0 Å². The van der Waals surface area contributed by atoms with Crippen molar-refractivity contribution in [2.24, 2.45) is 0 Å². The van der Waals surface area contributed by atoms with E-state index >= 15 is 4.39 Å². The number of nitrogens with two attached hydrogens (primary N) is 1. The van der Waals surface area contributed by atoms with Crippen LogP contribution in [0.25, 0.3) is 10.8 Å². The van der Waals surface area contributed by atoms with Gasteiger partial charge < -0.3 is 20.3 Å². The summed E-state index contributed by atoms with van der Waals surface area (Å²) in [7, 11) is -2.01. The molecular weight excluding hydrogens is 539 g/mol. The number of aryl methyl sites for hydroxylation is 1. The molecular formula is C27H31FN6O5S. The van der Waals surface area contributed by atoms with Crippen molar-refractivity contribution in [3.05, 3.63) is 53.6 Å². The highest BCUT2D eigenvalue weighted by Crippen LogP contribution is 2.30. The summed E-state index contributed by atoms with van der Waals surface area (Å²) in [6, 6.07) is 5.86. The van der Waals surface area contributed by atoms with Crippen LogP contribution in [-0.2, 0) is 31.6 Å². The molecule has 4 heterocycles. The van der Waals surface area contributed by atoms with Crippen molar-refractivity contribution in [2.45, 2.75) is 44.7 Å². The average molecular weight is 571 g/mol. The van der Waals surface area contributed by atoms with E-state index in [0.717, 1.165) is 36.1 Å². The number of fused-ring (bicyclic) bond motifs is 1. The van der Waals surface area contributed by atoms with E-state index in [1.807, 2.05) is 0 Å². The van der Waals surface area contributed by atoms with E-state index in [-0.39, 0.29) is 41.8 Å². The molecule has 2 atom stereocenters. The number of halogens is 1. The fourth-order valence-corrected chi connectivity index (χ4v) is 6.32. The molecule has 0 spiro atoms. The first-order valence-corrected chi connectivity index (χ1v) is 14.2. The summed E-state index contributed by atoms with van der Waals surface area (Å²) in [5.41, 5.74) is 6.95. The number of pyridine rings is 2. The molecule has 2 saturated heterocycles. The molecule has 40 heavy (non-hydrogen) atoms. The van der Waals surface area contributed by atoms with Crippen LogP contribution < -0.4 is 14.9 Å². The van der Waals surface area contributed by atoms with Crippen molar-refractivity contribution >= 4 is 50.9 Å². The maximum absolute atomic E-state index is 15.6. The summed E-state index contributed by atoms with van der Waals surface area (Å²) < 4.78 is 46.3. The number of carbonyl (C=O) groups excluding carboxylic acids is 2. The van der Waals surface area contributed by atoms with E-state index < -0.39 is 40.7 Å². The number of hydrogen-bond donors (Lipinski definition) is 2. The Labute approximate surface area is 232 Å². The van der Waals surface area contributed by atoms with Crippen LogP contribution in [-0.4, -0.2) is 74.0 Å². The molecule has 2 fully saturated rings. The zero-order valence-electron chi connectivity index (χ0n) is 22.2. The van der Waals surface area contributed by atoms with E-state index in [0.29, 0.717) is 11.1 Å². The Bertz CT molecular complexity index is 1520. The molecule has 0 radical (unpaired) electrons. The minimum atomic E-state index is -3.20. The first kappa shape index (κ1) is 27.6. The molecule has 5 rings (SSSR count). The Hall–Kier alpha value is -4.00. The van der Waals surface area contributed by atoms with Gasteiger partial charge in [0.2, 0.25) is 16.8 Å². The van der Waals surface area contributed by atoms with Crippen molar-refractivity contribution in [1.82, 2.24) is 14.9 Å². The lowest BCUT2D eigenvalue weighted by Gasteiger charge is -2.28. The number of benzene rings is 1. The van der Waals surface area contributed by atoms with Crippen molar-refractivity contribution in [3.63, 3.8) is 0 Å². The molecule has 11 nitrogen and oxygen atoms in total. The number of ether oxygens (including phenoxy) is 1. The second-order valence-electron chi connectivity index (χ2n) is 10.0. The number of amides is 1. The van der Waals surface area contributed by atoms with Gasteiger partial charge in [-0.15, -0.1) is 0 Å². The van der Waals surface area contributed by atoms with Crippen molar-refractivity contribution < 1.29 is 27.1 Å². The summed E-state index contributed by atoms with van der Waals surface area (Å²) in [6.07, 6.45) is 3.57. The molecule has 2 N–H and O–H groups in total. The molecule has 0 bridgehead atoms. The Kier molecular flexibility index (Phi) is 7.74. The molecule has 2 aliphatic rings. The molecule has 0 saturated carbocycles. The Morgan fingerprint density at radius 1 is 1.20 bits per heavy atom. The monoisotopic (exact) mass is 570 g/mol. The maximum Gasteiger partial charge on any atom is 0.328 e. The van der Waals surface area contributed by atoms with E-state index in [1.54, 1.807) is 31.2 Å². The van der Waals surface area contributed by atoms with Crippen LogP contribution in [0, 0.1) is 12.7 Å². The largest absolute Gasteiger partial charge is 0.467 e. The van der Waals surface area contributed by atoms with Crippen molar-refractivity contribution in [1.29, 1.82) is 0 Å². The van der Waals surface area contributed by atoms with Gasteiger partial charge in [-0.1, -0.05) is 12.1 Å². The number of carbonyl (C=O) groups is 2. The lowest BCUT2D eigenvalue weighted by molar-refractivity contribution is -0.151. The number of hydrogen-bond acceptors (Lipinski definition) is 9. The van der Waals surface area contributed by atoms with Crippen LogP contribution in [0.4, 0.5) is 21.7 Å². The van der Waals surface area contributed by atoms with E-state index in [1.165, 1.54) is 24.3 Å². The van der Waals surface area contributed by atoms with Gasteiger partial charge in [0.15, 0.2) is 0 Å². The Morgan fingerprint density at radius 3 is 2.60 bits per heavy atom. The molecule has 3 aromatic rings. The predicted molar refractivity (Wildman–Crippen MR) is 149 cm³/mol. The van der Waals surface area contributed by atoms with Gasteiger partial charge in [-0.25, -0.2) is 27.6 Å². The SMILES string of the molecule is COC(=O)[C@@H](Cc1ccc2c(N)nc(C)cc2c1F)N1CC[C@H](N(c2ccc(N3CCCC3)nc2)[SH](=O)=O)C1=O. The van der Waals surface area contributed by atoms with Crippen molar-refractivity contribution in [3.8, 4) is 0 Å². The maximum atomic E-state index is 15.6. The zero-order valence-corrected chi connectivity index (χ0v) is 23.1. The van der Waals surface area contributed by atoms with Gasteiger partial charge >= 0.3 is 5.97 Å². The normalized spacial score (nSPS) is 18.1. The first-order chi connectivity index (χ1) is 19.2. The topological polar surface area (TPSA) is 139 Å². The molecule has 13 heteroatoms. The van der Waals surface area contributed by atoms with Crippen molar-refractivity contribution in [2.75, 3.05) is 41.7 Å². The third kappa shape index (κ3) is 5.12. The van der Waals surface area contributed by atoms with Gasteiger partial charge in [0.1, 0.15) is 29.5 Å². The highest BCUT2D eigenvalue weighted by Gasteiger charge is 2.43. The summed E-state index contributed by atoms with van der Waals surface area (Å²) in [4.78, 5) is 38.4. The van der Waals surface area contributed by atoms with E-state index in [4.69, 9.17) is 10.5 Å². The standard InChI is InChI=1S/C27H31FN6O5S/c1-16-13-20-19(25(29)31-16)7-5-17(24(20)28)14-22(27(36)39-2)33-12-9-21(26(33)35)34(40(37)38)18-6-8-23(30-15-18)32-10-3-4-11-32/h5-8,13,15,21-22,40H,3-4,9-12,14H2,1-2H3,(H2,29,31)/t21-,22+/m0/s1. The molecule has 1 amide bonds. The molecule has 0 aliphatic carbocycles. The zero-order chi connectivity index (χ0) is 28.6. The predicted octanol–water partition coefficient (Wildman–Crippen LogP) is 1.98. The van der Waals surface area contributed by atoms with Gasteiger partial charge in [0.05, 0.1) is 19.0 Å². The number of thiol groups is 1. The number of nitrogens with zero attached hydrogens (tertiary/aromatic N) is 5. The summed E-state index contributed by atoms with van der Waals surface area (Å²) in [6.45, 7) is 3.56. The molecule has 212 valence electrons. The van der Waals surface area contributed by atoms with Gasteiger partial charge in [-0.3, -0.25) is 9.10 Å². The van der Waals surface area contributed by atoms with Crippen LogP contribution in [0.15, 0.2) is 36.5 Å². The number of anilines is 3. The smallest absolute Gasteiger partial charge is 0.328 e. The number of nitrogen functional groups attached to an aromatic ring is 1. The molecule has 2 aliphatic heterocycles. The first-order valence-electron chi connectivity index (χ1n) is 13.1. The third-order valence-electron chi connectivity index (χ3n) is 7.56. The Balaban J connectivity index is 1.41. The number of likely N-dealkylation sites (tertiary alicyclic amines) is 1. The number of methoxy groups -OCH3 is 1. The summed E-state index contributed by atoms with van der Waals surface area (Å²) >= 11 is 0. The van der Waals surface area contributed by atoms with Crippen LogP contribution in [0.2, 0.25) is 0 Å². The van der Waals surface area contributed by atoms with Crippen LogP contribution in [0.1, 0.15) is 30.5 Å². The fraction of sp³-hybridized carbons (Fsp3) is 0.407.